The molecule has 7 heteroatoms. The predicted molar refractivity (Wildman–Crippen MR) is 108 cm³/mol. The van der Waals surface area contributed by atoms with Crippen LogP contribution in [-0.2, 0) is 17.9 Å². The summed E-state index contributed by atoms with van der Waals surface area (Å²) in [6.45, 7) is 3.15. The Bertz CT molecular complexity index is 953. The molecule has 3 saturated heterocycles. The molecule has 0 saturated carbocycles. The molecule has 2 aromatic heterocycles. The zero-order valence-electron chi connectivity index (χ0n) is 16.3. The lowest BCUT2D eigenvalue weighted by Crippen LogP contribution is -2.57. The normalized spacial score (nSPS) is 25.8. The minimum absolute atomic E-state index is 0.0607. The summed E-state index contributed by atoms with van der Waals surface area (Å²) in [5.41, 5.74) is 1.98. The summed E-state index contributed by atoms with van der Waals surface area (Å²) in [6.07, 6.45) is 5.77. The van der Waals surface area contributed by atoms with Crippen LogP contribution in [0.4, 0.5) is 0 Å². The third-order valence-electron chi connectivity index (χ3n) is 6.24. The number of furan rings is 1. The summed E-state index contributed by atoms with van der Waals surface area (Å²) < 4.78 is 7.25. The number of fused-ring (bicyclic) bond motifs is 3. The van der Waals surface area contributed by atoms with Crippen LogP contribution in [0.1, 0.15) is 18.6 Å². The number of hydrogen-bond donors (Lipinski definition) is 1. The van der Waals surface area contributed by atoms with Crippen LogP contribution in [0, 0.1) is 11.8 Å². The van der Waals surface area contributed by atoms with Gasteiger partial charge in [0.25, 0.3) is 0 Å². The molecule has 1 N–H and O–H groups in total. The van der Waals surface area contributed by atoms with Crippen LogP contribution in [-0.4, -0.2) is 44.9 Å². The third-order valence-corrected chi connectivity index (χ3v) is 6.24. The van der Waals surface area contributed by atoms with Gasteiger partial charge in [0, 0.05) is 18.2 Å². The van der Waals surface area contributed by atoms with Gasteiger partial charge < -0.3 is 9.73 Å². The summed E-state index contributed by atoms with van der Waals surface area (Å²) in [5, 5.41) is 11.7. The van der Waals surface area contributed by atoms with Crippen LogP contribution >= 0.6 is 0 Å². The Balaban J connectivity index is 1.19. The lowest BCUT2D eigenvalue weighted by Gasteiger charge is -2.49. The van der Waals surface area contributed by atoms with Crippen molar-refractivity contribution in [1.82, 2.24) is 25.2 Å². The van der Waals surface area contributed by atoms with Crippen molar-refractivity contribution in [1.29, 1.82) is 0 Å². The van der Waals surface area contributed by atoms with Gasteiger partial charge >= 0.3 is 0 Å². The summed E-state index contributed by atoms with van der Waals surface area (Å²) in [4.78, 5) is 15.1. The SMILES string of the molecule is O=C(NCc1ccco1)[C@H]1CN2CC[C@H]1C[C@@H]2Cn1cc(-c2ccccc2)nn1. The molecule has 1 unspecified atom stereocenters. The number of nitrogens with zero attached hydrogens (tertiary/aromatic N) is 4. The Hall–Kier alpha value is -2.93. The smallest absolute Gasteiger partial charge is 0.225 e. The van der Waals surface area contributed by atoms with E-state index in [1.54, 1.807) is 6.26 Å². The number of amides is 1. The van der Waals surface area contributed by atoms with Crippen molar-refractivity contribution in [3.63, 3.8) is 0 Å². The maximum Gasteiger partial charge on any atom is 0.225 e. The molecule has 4 atom stereocenters. The maximum absolute atomic E-state index is 12.7. The van der Waals surface area contributed by atoms with E-state index >= 15 is 0 Å². The van der Waals surface area contributed by atoms with Crippen molar-refractivity contribution < 1.29 is 9.21 Å². The van der Waals surface area contributed by atoms with Crippen molar-refractivity contribution in [3.05, 3.63) is 60.7 Å². The standard InChI is InChI=1S/C22H25N5O2/c28-22(23-12-19-7-4-10-29-19)20-14-26-9-8-17(20)11-18(26)13-27-15-21(24-25-27)16-5-2-1-3-6-16/h1-7,10,15,17-18,20H,8-9,11-14H2,(H,23,28)/t17-,18+,20-/m0/s1. The van der Waals surface area contributed by atoms with Gasteiger partial charge in [-0.05, 0) is 37.4 Å². The van der Waals surface area contributed by atoms with Crippen molar-refractivity contribution >= 4 is 5.91 Å². The second-order valence-electron chi connectivity index (χ2n) is 8.03. The minimum Gasteiger partial charge on any atom is -0.467 e. The molecule has 5 heterocycles. The Labute approximate surface area is 169 Å². The fourth-order valence-corrected chi connectivity index (χ4v) is 4.69. The number of carbonyl (C=O) groups is 1. The van der Waals surface area contributed by atoms with Crippen molar-refractivity contribution in [3.8, 4) is 11.3 Å². The lowest BCUT2D eigenvalue weighted by atomic mass is 9.75. The Morgan fingerprint density at radius 2 is 2.10 bits per heavy atom. The molecule has 0 radical (unpaired) electrons. The largest absolute Gasteiger partial charge is 0.467 e. The van der Waals surface area contributed by atoms with Gasteiger partial charge in [-0.3, -0.25) is 14.4 Å². The first kappa shape index (κ1) is 18.1. The van der Waals surface area contributed by atoms with Gasteiger partial charge in [0.2, 0.25) is 5.91 Å². The van der Waals surface area contributed by atoms with Crippen LogP contribution in [0.25, 0.3) is 11.3 Å². The van der Waals surface area contributed by atoms with Gasteiger partial charge in [-0.25, -0.2) is 0 Å². The fraction of sp³-hybridized carbons (Fsp3) is 0.409. The lowest BCUT2D eigenvalue weighted by molar-refractivity contribution is -0.133. The maximum atomic E-state index is 12.7. The highest BCUT2D eigenvalue weighted by Crippen LogP contribution is 2.37. The minimum atomic E-state index is 0.0607. The highest BCUT2D eigenvalue weighted by atomic mass is 16.3. The second kappa shape index (κ2) is 7.83. The topological polar surface area (TPSA) is 76.2 Å². The number of aromatic nitrogens is 3. The molecule has 3 aliphatic heterocycles. The van der Waals surface area contributed by atoms with Crippen LogP contribution in [0.3, 0.4) is 0 Å². The van der Waals surface area contributed by atoms with Crippen LogP contribution < -0.4 is 5.32 Å². The number of carbonyl (C=O) groups excluding carboxylic acids is 1. The molecule has 0 aliphatic carbocycles. The monoisotopic (exact) mass is 391 g/mol. The van der Waals surface area contributed by atoms with E-state index in [2.05, 4.69) is 20.5 Å². The molecular weight excluding hydrogens is 366 g/mol. The summed E-state index contributed by atoms with van der Waals surface area (Å²) in [6, 6.07) is 14.3. The number of nitrogens with one attached hydrogen (secondary N) is 1. The Kier molecular flexibility index (Phi) is 4.89. The molecule has 1 amide bonds. The van der Waals surface area contributed by atoms with Gasteiger partial charge in [0.05, 0.1) is 31.5 Å². The van der Waals surface area contributed by atoms with Crippen LogP contribution in [0.15, 0.2) is 59.3 Å². The summed E-state index contributed by atoms with van der Waals surface area (Å²) in [5.74, 6) is 1.42. The molecule has 6 rings (SSSR count). The van der Waals surface area contributed by atoms with E-state index < -0.39 is 0 Å². The first-order chi connectivity index (χ1) is 14.3. The number of rotatable bonds is 6. The first-order valence-corrected chi connectivity index (χ1v) is 10.3. The molecule has 0 spiro atoms. The van der Waals surface area contributed by atoms with Gasteiger partial charge in [0.15, 0.2) is 0 Å². The summed E-state index contributed by atoms with van der Waals surface area (Å²) >= 11 is 0. The van der Waals surface area contributed by atoms with Gasteiger partial charge in [0.1, 0.15) is 11.5 Å². The van der Waals surface area contributed by atoms with E-state index in [1.807, 2.05) is 53.3 Å². The Morgan fingerprint density at radius 1 is 1.21 bits per heavy atom. The van der Waals surface area contributed by atoms with E-state index in [0.717, 1.165) is 49.5 Å². The number of piperidine rings is 3. The highest BCUT2D eigenvalue weighted by Gasteiger charge is 2.43. The average molecular weight is 391 g/mol. The fourth-order valence-electron chi connectivity index (χ4n) is 4.69. The molecule has 29 heavy (non-hydrogen) atoms. The quantitative estimate of drug-likeness (QED) is 0.699. The third kappa shape index (κ3) is 3.82. The number of hydrogen-bond acceptors (Lipinski definition) is 5. The molecule has 3 fully saturated rings. The van der Waals surface area contributed by atoms with Crippen LogP contribution in [0.5, 0.6) is 0 Å². The van der Waals surface area contributed by atoms with E-state index in [9.17, 15) is 4.79 Å². The molecule has 3 aromatic rings. The molecule has 7 nitrogen and oxygen atoms in total. The number of benzene rings is 1. The van der Waals surface area contributed by atoms with E-state index in [1.165, 1.54) is 0 Å². The molecule has 2 bridgehead atoms. The molecular formula is C22H25N5O2. The van der Waals surface area contributed by atoms with Gasteiger partial charge in [-0.15, -0.1) is 5.10 Å². The zero-order valence-corrected chi connectivity index (χ0v) is 16.3. The molecule has 1 aromatic carbocycles. The average Bonchev–Trinajstić information content (AvgIpc) is 3.45. The zero-order chi connectivity index (χ0) is 19.6. The van der Waals surface area contributed by atoms with Gasteiger partial charge in [-0.1, -0.05) is 35.5 Å². The molecule has 150 valence electrons. The highest BCUT2D eigenvalue weighted by molar-refractivity contribution is 5.79. The molecule has 3 aliphatic rings. The van der Waals surface area contributed by atoms with E-state index in [4.69, 9.17) is 4.42 Å². The predicted octanol–water partition coefficient (Wildman–Crippen LogP) is 2.56. The van der Waals surface area contributed by atoms with Crippen molar-refractivity contribution in [2.45, 2.75) is 32.0 Å². The van der Waals surface area contributed by atoms with Crippen molar-refractivity contribution in [2.24, 2.45) is 11.8 Å². The summed E-state index contributed by atoms with van der Waals surface area (Å²) in [7, 11) is 0. The Morgan fingerprint density at radius 3 is 2.86 bits per heavy atom. The van der Waals surface area contributed by atoms with Crippen LogP contribution in [0.2, 0.25) is 0 Å². The van der Waals surface area contributed by atoms with E-state index in [-0.39, 0.29) is 11.8 Å². The van der Waals surface area contributed by atoms with E-state index in [0.29, 0.717) is 18.5 Å². The second-order valence-corrected chi connectivity index (χ2v) is 8.03. The van der Waals surface area contributed by atoms with Gasteiger partial charge in [-0.2, -0.15) is 0 Å². The first-order valence-electron chi connectivity index (χ1n) is 10.3. The van der Waals surface area contributed by atoms with Crippen molar-refractivity contribution in [2.75, 3.05) is 13.1 Å².